The molecule has 1 spiro atoms. The van der Waals surface area contributed by atoms with E-state index in [9.17, 15) is 9.90 Å². The molecule has 0 aliphatic carbocycles. The van der Waals surface area contributed by atoms with Crippen molar-refractivity contribution in [1.82, 2.24) is 9.55 Å². The highest BCUT2D eigenvalue weighted by molar-refractivity contribution is 6.31. The Morgan fingerprint density at radius 2 is 1.83 bits per heavy atom. The number of aromatic nitrogens is 2. The van der Waals surface area contributed by atoms with E-state index >= 15 is 4.39 Å². The van der Waals surface area contributed by atoms with E-state index in [-0.39, 0.29) is 16.6 Å². The number of benzene rings is 2. The number of rotatable bonds is 5. The number of halogens is 3. The van der Waals surface area contributed by atoms with Gasteiger partial charge in [-0.3, -0.25) is 9.69 Å². The fraction of sp³-hybridized carbons (Fsp3) is 0.267. The zero-order chi connectivity index (χ0) is 29.4. The maximum absolute atomic E-state index is 15.5. The van der Waals surface area contributed by atoms with Gasteiger partial charge in [-0.25, -0.2) is 9.37 Å². The number of aliphatic hydroxyl groups excluding tert-OH is 1. The monoisotopic (exact) mass is 595 g/mol. The molecule has 8 nitrogen and oxygen atoms in total. The normalized spacial score (nSPS) is 19.1. The molecule has 2 unspecified atom stereocenters. The first-order valence-electron chi connectivity index (χ1n) is 13.0. The number of amides is 1. The Morgan fingerprint density at radius 3 is 2.51 bits per heavy atom. The summed E-state index contributed by atoms with van der Waals surface area (Å²) in [6.45, 7) is 4.00. The molecule has 2 aromatic heterocycles. The Balaban J connectivity index is 1.71. The summed E-state index contributed by atoms with van der Waals surface area (Å²) < 4.78 is 23.2. The van der Waals surface area contributed by atoms with Crippen LogP contribution in [0.3, 0.4) is 0 Å². The molecule has 6 rings (SSSR count). The van der Waals surface area contributed by atoms with Crippen molar-refractivity contribution >= 4 is 46.3 Å². The van der Waals surface area contributed by atoms with Crippen molar-refractivity contribution in [2.24, 2.45) is 0 Å². The first-order chi connectivity index (χ1) is 19.5. The predicted octanol–water partition coefficient (Wildman–Crippen LogP) is 6.16. The number of methoxy groups -OCH3 is 1. The van der Waals surface area contributed by atoms with Gasteiger partial charge in [0.2, 0.25) is 0 Å². The van der Waals surface area contributed by atoms with Crippen LogP contribution in [0.5, 0.6) is 5.75 Å². The van der Waals surface area contributed by atoms with Gasteiger partial charge in [-0.05, 0) is 36.2 Å². The predicted molar refractivity (Wildman–Crippen MR) is 159 cm³/mol. The third-order valence-electron chi connectivity index (χ3n) is 7.76. The van der Waals surface area contributed by atoms with Crippen molar-refractivity contribution in [3.05, 3.63) is 93.1 Å². The molecule has 0 saturated carbocycles. The van der Waals surface area contributed by atoms with Crippen LogP contribution in [-0.2, 0) is 5.54 Å². The molecule has 0 saturated heterocycles. The van der Waals surface area contributed by atoms with Gasteiger partial charge in [-0.15, -0.1) is 0 Å². The van der Waals surface area contributed by atoms with Gasteiger partial charge in [0.05, 0.1) is 24.6 Å². The number of fused-ring (bicyclic) bond motifs is 4. The molecule has 2 aliphatic rings. The van der Waals surface area contributed by atoms with Crippen molar-refractivity contribution in [2.75, 3.05) is 36.3 Å². The Kier molecular flexibility index (Phi) is 6.44. The van der Waals surface area contributed by atoms with Gasteiger partial charge >= 0.3 is 0 Å². The number of hydrogen-bond acceptors (Lipinski definition) is 6. The van der Waals surface area contributed by atoms with E-state index in [1.807, 2.05) is 43.5 Å². The Morgan fingerprint density at radius 1 is 1.12 bits per heavy atom. The van der Waals surface area contributed by atoms with Crippen LogP contribution in [0.25, 0.3) is 5.69 Å². The largest absolute Gasteiger partial charge is 0.494 e. The van der Waals surface area contributed by atoms with Gasteiger partial charge in [0.25, 0.3) is 5.91 Å². The Hall–Kier alpha value is -3.79. The molecule has 4 heterocycles. The highest BCUT2D eigenvalue weighted by Crippen LogP contribution is 2.57. The topological polar surface area (TPSA) is 82.9 Å². The van der Waals surface area contributed by atoms with Crippen LogP contribution < -0.4 is 19.9 Å². The number of carbonyl (C=O) groups excluding carboxylic acids is 1. The van der Waals surface area contributed by atoms with Gasteiger partial charge in [0, 0.05) is 58.9 Å². The fourth-order valence-electron chi connectivity index (χ4n) is 6.09. The number of pyridine rings is 1. The number of nitrogens with zero attached hydrogens (tertiary/aromatic N) is 4. The maximum Gasteiger partial charge on any atom is 0.261 e. The van der Waals surface area contributed by atoms with Crippen molar-refractivity contribution < 1.29 is 19.0 Å². The van der Waals surface area contributed by atoms with E-state index in [4.69, 9.17) is 27.9 Å². The van der Waals surface area contributed by atoms with Crippen LogP contribution in [0.15, 0.2) is 54.9 Å². The van der Waals surface area contributed by atoms with Gasteiger partial charge in [-0.1, -0.05) is 43.1 Å². The second-order valence-corrected chi connectivity index (χ2v) is 11.5. The lowest BCUT2D eigenvalue weighted by Crippen LogP contribution is -2.53. The third kappa shape index (κ3) is 3.83. The van der Waals surface area contributed by atoms with E-state index in [2.05, 4.69) is 10.3 Å². The van der Waals surface area contributed by atoms with Crippen LogP contribution in [0.1, 0.15) is 46.9 Å². The van der Waals surface area contributed by atoms with E-state index in [1.54, 1.807) is 37.7 Å². The number of anilines is 3. The maximum atomic E-state index is 15.5. The van der Waals surface area contributed by atoms with Gasteiger partial charge in [0.15, 0.2) is 6.23 Å². The zero-order valence-electron chi connectivity index (χ0n) is 23.0. The van der Waals surface area contributed by atoms with Gasteiger partial charge in [-0.2, -0.15) is 0 Å². The Labute approximate surface area is 246 Å². The number of nitrogens with one attached hydrogen (secondary N) is 1. The van der Waals surface area contributed by atoms with E-state index in [0.29, 0.717) is 44.7 Å². The molecule has 0 radical (unpaired) electrons. The lowest BCUT2D eigenvalue weighted by molar-refractivity contribution is 0.0919. The quantitative estimate of drug-likeness (QED) is 0.287. The van der Waals surface area contributed by atoms with Crippen LogP contribution in [-0.4, -0.2) is 48.0 Å². The number of aliphatic hydroxyl groups is 1. The third-order valence-corrected chi connectivity index (χ3v) is 8.23. The molecule has 2 aliphatic heterocycles. The molecule has 11 heteroatoms. The van der Waals surface area contributed by atoms with Crippen molar-refractivity contribution in [2.45, 2.75) is 31.5 Å². The lowest BCUT2D eigenvalue weighted by Gasteiger charge is -2.40. The lowest BCUT2D eigenvalue weighted by atomic mass is 9.80. The SMILES string of the molecule is COc1cc(N(C)C)ncc1-n1cc2c(c1C(C)C)C1(c3ccc(Cl)cc3NC1O)N(c1cc(Cl)ccc1F)C2=O. The Bertz CT molecular complexity index is 1720. The highest BCUT2D eigenvalue weighted by atomic mass is 35.5. The summed E-state index contributed by atoms with van der Waals surface area (Å²) in [5.41, 5.74) is 1.76. The first-order valence-corrected chi connectivity index (χ1v) is 13.8. The average Bonchev–Trinajstić information content (AvgIpc) is 3.53. The summed E-state index contributed by atoms with van der Waals surface area (Å²) in [6, 6.07) is 11.0. The summed E-state index contributed by atoms with van der Waals surface area (Å²) >= 11 is 12.6. The van der Waals surface area contributed by atoms with Gasteiger partial charge in [0.1, 0.15) is 28.6 Å². The molecule has 2 atom stereocenters. The first kappa shape index (κ1) is 27.4. The summed E-state index contributed by atoms with van der Waals surface area (Å²) in [6.07, 6.45) is 2.06. The molecule has 2 N–H and O–H groups in total. The fourth-order valence-corrected chi connectivity index (χ4v) is 6.43. The van der Waals surface area contributed by atoms with Crippen LogP contribution in [0, 0.1) is 5.82 Å². The summed E-state index contributed by atoms with van der Waals surface area (Å²) in [7, 11) is 5.34. The molecular formula is C30H28Cl2FN5O3. The van der Waals surface area contributed by atoms with Crippen molar-refractivity contribution in [1.29, 1.82) is 0 Å². The van der Waals surface area contributed by atoms with Crippen molar-refractivity contribution in [3.63, 3.8) is 0 Å². The second-order valence-electron chi connectivity index (χ2n) is 10.7. The molecular weight excluding hydrogens is 568 g/mol. The summed E-state index contributed by atoms with van der Waals surface area (Å²) in [4.78, 5) is 22.2. The molecule has 4 aromatic rings. The van der Waals surface area contributed by atoms with E-state index < -0.39 is 23.5 Å². The minimum atomic E-state index is -1.53. The second kappa shape index (κ2) is 9.65. The molecule has 0 bridgehead atoms. The van der Waals surface area contributed by atoms with Crippen LogP contribution in [0.2, 0.25) is 10.0 Å². The number of ether oxygens (including phenoxy) is 1. The highest BCUT2D eigenvalue weighted by Gasteiger charge is 2.62. The standard InChI is InChI=1S/C30H28Cl2FN5O3/c1-15(2)27-26-18(14-37(27)23-13-34-25(36(3)4)12-24(23)41-5)28(39)38(22-11-17(32)7-9-20(22)33)30(26)19-8-6-16(31)10-21(19)35-29(30)40/h6-15,29,35,40H,1-5H3. The zero-order valence-corrected chi connectivity index (χ0v) is 24.5. The minimum Gasteiger partial charge on any atom is -0.494 e. The van der Waals surface area contributed by atoms with Gasteiger partial charge < -0.3 is 24.6 Å². The van der Waals surface area contributed by atoms with E-state index in [0.717, 1.165) is 5.69 Å². The minimum absolute atomic E-state index is 0.0433. The van der Waals surface area contributed by atoms with Crippen LogP contribution >= 0.6 is 23.2 Å². The molecule has 0 fully saturated rings. The molecule has 212 valence electrons. The van der Waals surface area contributed by atoms with E-state index in [1.165, 1.54) is 23.1 Å². The summed E-state index contributed by atoms with van der Waals surface area (Å²) in [5.74, 6) is -0.0220. The molecule has 1 amide bonds. The number of carbonyl (C=O) groups is 1. The smallest absolute Gasteiger partial charge is 0.261 e. The average molecular weight is 596 g/mol. The summed E-state index contributed by atoms with van der Waals surface area (Å²) in [5, 5.41) is 15.7. The molecule has 41 heavy (non-hydrogen) atoms. The number of hydrogen-bond donors (Lipinski definition) is 2. The van der Waals surface area contributed by atoms with Crippen LogP contribution in [0.4, 0.5) is 21.6 Å². The molecule has 2 aromatic carbocycles. The van der Waals surface area contributed by atoms with Crippen molar-refractivity contribution in [3.8, 4) is 11.4 Å².